The number of aromatic amines is 2. The van der Waals surface area contributed by atoms with Crippen molar-refractivity contribution in [1.29, 1.82) is 0 Å². The van der Waals surface area contributed by atoms with Crippen LogP contribution in [0.1, 0.15) is 17.3 Å². The molecule has 5 rings (SSSR count). The highest BCUT2D eigenvalue weighted by molar-refractivity contribution is 5.77. The minimum absolute atomic E-state index is 0.154. The van der Waals surface area contributed by atoms with Gasteiger partial charge in [-0.05, 0) is 36.2 Å². The lowest BCUT2D eigenvalue weighted by atomic mass is 9.96. The Bertz CT molecular complexity index is 1070. The fourth-order valence-electron chi connectivity index (χ4n) is 3.35. The van der Waals surface area contributed by atoms with Crippen molar-refractivity contribution < 1.29 is 9.47 Å². The molecule has 1 aliphatic rings. The molecular formula is C19H17N5O2. The number of imidazole rings is 1. The van der Waals surface area contributed by atoms with Crippen molar-refractivity contribution in [3.8, 4) is 22.6 Å². The van der Waals surface area contributed by atoms with E-state index in [9.17, 15) is 0 Å². The van der Waals surface area contributed by atoms with E-state index in [1.807, 2.05) is 36.7 Å². The van der Waals surface area contributed by atoms with Gasteiger partial charge in [-0.25, -0.2) is 9.97 Å². The molecule has 26 heavy (non-hydrogen) atoms. The molecule has 1 aliphatic heterocycles. The van der Waals surface area contributed by atoms with Crippen molar-refractivity contribution >= 4 is 11.2 Å². The minimum Gasteiger partial charge on any atom is -0.497 e. The number of ether oxygens (including phenoxy) is 2. The van der Waals surface area contributed by atoms with Crippen molar-refractivity contribution in [1.82, 2.24) is 25.1 Å². The third-order valence-electron chi connectivity index (χ3n) is 4.75. The van der Waals surface area contributed by atoms with Gasteiger partial charge < -0.3 is 14.5 Å². The van der Waals surface area contributed by atoms with Crippen LogP contribution in [0.15, 0.2) is 42.9 Å². The van der Waals surface area contributed by atoms with E-state index in [-0.39, 0.29) is 5.92 Å². The second-order valence-electron chi connectivity index (χ2n) is 6.39. The molecule has 0 aliphatic carbocycles. The van der Waals surface area contributed by atoms with Crippen LogP contribution in [-0.2, 0) is 6.42 Å². The number of methoxy groups -OCH3 is 1. The van der Waals surface area contributed by atoms with Gasteiger partial charge in [0.1, 0.15) is 17.3 Å². The first kappa shape index (κ1) is 14.9. The van der Waals surface area contributed by atoms with E-state index in [0.717, 1.165) is 46.0 Å². The van der Waals surface area contributed by atoms with Crippen molar-refractivity contribution in [3.05, 3.63) is 54.2 Å². The van der Waals surface area contributed by atoms with Gasteiger partial charge in [0.2, 0.25) is 0 Å². The van der Waals surface area contributed by atoms with Gasteiger partial charge in [-0.1, -0.05) is 0 Å². The highest BCUT2D eigenvalue weighted by Gasteiger charge is 2.24. The van der Waals surface area contributed by atoms with Crippen LogP contribution >= 0.6 is 0 Å². The molecular weight excluding hydrogens is 330 g/mol. The van der Waals surface area contributed by atoms with E-state index >= 15 is 0 Å². The Morgan fingerprint density at radius 2 is 2.15 bits per heavy atom. The SMILES string of the molecule is COc1ccc2c(c1)CC(c1nc3ncc(-c4cn[nH]c4)cc3[nH]1)CO2. The zero-order chi connectivity index (χ0) is 17.5. The van der Waals surface area contributed by atoms with E-state index in [1.54, 1.807) is 13.3 Å². The second kappa shape index (κ2) is 5.87. The number of hydrogen-bond acceptors (Lipinski definition) is 5. The number of nitrogens with zero attached hydrogens (tertiary/aromatic N) is 3. The quantitative estimate of drug-likeness (QED) is 0.594. The number of aromatic nitrogens is 5. The van der Waals surface area contributed by atoms with Crippen molar-refractivity contribution in [2.24, 2.45) is 0 Å². The maximum atomic E-state index is 5.92. The number of rotatable bonds is 3. The lowest BCUT2D eigenvalue weighted by Gasteiger charge is -2.24. The third kappa shape index (κ3) is 2.48. The summed E-state index contributed by atoms with van der Waals surface area (Å²) < 4.78 is 11.2. The molecule has 7 heteroatoms. The van der Waals surface area contributed by atoms with Gasteiger partial charge in [0.25, 0.3) is 0 Å². The first-order valence-electron chi connectivity index (χ1n) is 8.44. The molecule has 0 bridgehead atoms. The maximum Gasteiger partial charge on any atom is 0.177 e. The van der Waals surface area contributed by atoms with Gasteiger partial charge in [0.15, 0.2) is 5.65 Å². The number of hydrogen-bond donors (Lipinski definition) is 2. The number of nitrogens with one attached hydrogen (secondary N) is 2. The topological polar surface area (TPSA) is 88.7 Å². The molecule has 1 atom stereocenters. The largest absolute Gasteiger partial charge is 0.497 e. The minimum atomic E-state index is 0.154. The first-order valence-corrected chi connectivity index (χ1v) is 8.44. The summed E-state index contributed by atoms with van der Waals surface area (Å²) in [4.78, 5) is 12.6. The molecule has 1 unspecified atom stereocenters. The molecule has 0 amide bonds. The zero-order valence-electron chi connectivity index (χ0n) is 14.2. The summed E-state index contributed by atoms with van der Waals surface area (Å²) in [6.45, 7) is 0.591. The van der Waals surface area contributed by atoms with Crippen LogP contribution in [-0.4, -0.2) is 38.9 Å². The van der Waals surface area contributed by atoms with Crippen LogP contribution in [0.5, 0.6) is 11.5 Å². The van der Waals surface area contributed by atoms with Crippen LogP contribution in [0.2, 0.25) is 0 Å². The Morgan fingerprint density at radius 3 is 3.00 bits per heavy atom. The number of H-pyrrole nitrogens is 2. The Kier molecular flexibility index (Phi) is 3.38. The average molecular weight is 347 g/mol. The molecule has 2 N–H and O–H groups in total. The Morgan fingerprint density at radius 1 is 1.19 bits per heavy atom. The molecule has 0 radical (unpaired) electrons. The summed E-state index contributed by atoms with van der Waals surface area (Å²) >= 11 is 0. The van der Waals surface area contributed by atoms with E-state index in [4.69, 9.17) is 9.47 Å². The van der Waals surface area contributed by atoms with Crippen molar-refractivity contribution in [3.63, 3.8) is 0 Å². The lowest BCUT2D eigenvalue weighted by molar-refractivity contribution is 0.257. The highest BCUT2D eigenvalue weighted by Crippen LogP contribution is 2.34. The number of fused-ring (bicyclic) bond motifs is 2. The van der Waals surface area contributed by atoms with Gasteiger partial charge >= 0.3 is 0 Å². The molecule has 0 fully saturated rings. The Labute approximate surface area is 149 Å². The predicted molar refractivity (Wildman–Crippen MR) is 96.4 cm³/mol. The van der Waals surface area contributed by atoms with Crippen LogP contribution in [0.25, 0.3) is 22.3 Å². The molecule has 0 saturated carbocycles. The summed E-state index contributed by atoms with van der Waals surface area (Å²) in [6.07, 6.45) is 6.29. The van der Waals surface area contributed by atoms with Crippen LogP contribution < -0.4 is 9.47 Å². The maximum absolute atomic E-state index is 5.92. The van der Waals surface area contributed by atoms with E-state index in [0.29, 0.717) is 12.3 Å². The molecule has 0 spiro atoms. The summed E-state index contributed by atoms with van der Waals surface area (Å²) in [5.74, 6) is 2.80. The van der Waals surface area contributed by atoms with Gasteiger partial charge in [-0.15, -0.1) is 0 Å². The van der Waals surface area contributed by atoms with Gasteiger partial charge in [0, 0.05) is 23.5 Å². The molecule has 1 aromatic carbocycles. The number of pyridine rings is 1. The smallest absolute Gasteiger partial charge is 0.177 e. The molecule has 0 saturated heterocycles. The first-order chi connectivity index (χ1) is 12.8. The van der Waals surface area contributed by atoms with Crippen molar-refractivity contribution in [2.75, 3.05) is 13.7 Å². The van der Waals surface area contributed by atoms with Gasteiger partial charge in [0.05, 0.1) is 31.3 Å². The molecule has 3 aromatic heterocycles. The Hall–Kier alpha value is -3.35. The van der Waals surface area contributed by atoms with E-state index in [2.05, 4.69) is 25.1 Å². The second-order valence-corrected chi connectivity index (χ2v) is 6.39. The summed E-state index contributed by atoms with van der Waals surface area (Å²) in [5.41, 5.74) is 4.75. The standard InChI is InChI=1S/C19H17N5O2/c1-25-15-2-3-17-11(5-15)4-13(10-26-17)18-23-16-6-12(7-20-19(16)24-18)14-8-21-22-9-14/h2-3,5-9,13H,4,10H2,1H3,(H,21,22)(H,20,23,24). The normalized spacial score (nSPS) is 16.3. The third-order valence-corrected chi connectivity index (χ3v) is 4.75. The van der Waals surface area contributed by atoms with Crippen LogP contribution in [0.3, 0.4) is 0 Å². The monoisotopic (exact) mass is 347 g/mol. The van der Waals surface area contributed by atoms with E-state index < -0.39 is 0 Å². The van der Waals surface area contributed by atoms with Gasteiger partial charge in [-0.2, -0.15) is 5.10 Å². The van der Waals surface area contributed by atoms with Crippen LogP contribution in [0.4, 0.5) is 0 Å². The summed E-state index contributed by atoms with van der Waals surface area (Å²) in [7, 11) is 1.67. The summed E-state index contributed by atoms with van der Waals surface area (Å²) in [5, 5.41) is 6.81. The highest BCUT2D eigenvalue weighted by atomic mass is 16.5. The van der Waals surface area contributed by atoms with Crippen molar-refractivity contribution in [2.45, 2.75) is 12.3 Å². The lowest BCUT2D eigenvalue weighted by Crippen LogP contribution is -2.20. The summed E-state index contributed by atoms with van der Waals surface area (Å²) in [6, 6.07) is 7.95. The molecule has 4 heterocycles. The fraction of sp³-hybridized carbons (Fsp3) is 0.211. The Balaban J connectivity index is 1.47. The fourth-order valence-corrected chi connectivity index (χ4v) is 3.35. The molecule has 130 valence electrons. The predicted octanol–water partition coefficient (Wildman–Crippen LogP) is 3.08. The zero-order valence-corrected chi connectivity index (χ0v) is 14.2. The van der Waals surface area contributed by atoms with E-state index in [1.165, 1.54) is 0 Å². The number of benzene rings is 1. The van der Waals surface area contributed by atoms with Gasteiger partial charge in [-0.3, -0.25) is 5.10 Å². The average Bonchev–Trinajstić information content (AvgIpc) is 3.36. The van der Waals surface area contributed by atoms with Crippen LogP contribution in [0, 0.1) is 0 Å². The molecule has 4 aromatic rings. The molecule has 7 nitrogen and oxygen atoms in total.